The predicted molar refractivity (Wildman–Crippen MR) is 97.2 cm³/mol. The van der Waals surface area contributed by atoms with Gasteiger partial charge in [0.25, 0.3) is 0 Å². The molecule has 1 saturated carbocycles. The SMILES string of the molecule is CC(CN1CCN(C)CC1)NC(=O)NCC1(c2ccccc2F)CC1. The van der Waals surface area contributed by atoms with Gasteiger partial charge < -0.3 is 15.5 Å². The van der Waals surface area contributed by atoms with Gasteiger partial charge in [-0.1, -0.05) is 18.2 Å². The number of halogens is 1. The summed E-state index contributed by atoms with van der Waals surface area (Å²) in [5.41, 5.74) is 0.504. The number of carbonyl (C=O) groups is 1. The summed E-state index contributed by atoms with van der Waals surface area (Å²) in [5, 5.41) is 5.95. The van der Waals surface area contributed by atoms with Crippen LogP contribution in [0.2, 0.25) is 0 Å². The van der Waals surface area contributed by atoms with Crippen molar-refractivity contribution < 1.29 is 9.18 Å². The predicted octanol–water partition coefficient (Wildman–Crippen LogP) is 1.79. The molecule has 1 aliphatic heterocycles. The van der Waals surface area contributed by atoms with Gasteiger partial charge in [-0.25, -0.2) is 9.18 Å². The fourth-order valence-corrected chi connectivity index (χ4v) is 3.57. The van der Waals surface area contributed by atoms with Crippen molar-refractivity contribution in [3.05, 3.63) is 35.6 Å². The number of amides is 2. The molecular formula is C19H29FN4O. The molecule has 1 unspecified atom stereocenters. The molecule has 1 heterocycles. The van der Waals surface area contributed by atoms with Crippen LogP contribution >= 0.6 is 0 Å². The Bertz CT molecular complexity index is 597. The number of piperazine rings is 1. The van der Waals surface area contributed by atoms with Crippen molar-refractivity contribution in [2.24, 2.45) is 0 Å². The van der Waals surface area contributed by atoms with Gasteiger partial charge in [-0.2, -0.15) is 0 Å². The van der Waals surface area contributed by atoms with Crippen LogP contribution in [0, 0.1) is 5.82 Å². The van der Waals surface area contributed by atoms with E-state index < -0.39 is 0 Å². The first-order chi connectivity index (χ1) is 12.0. The Morgan fingerprint density at radius 2 is 1.92 bits per heavy atom. The lowest BCUT2D eigenvalue weighted by Gasteiger charge is -2.34. The summed E-state index contributed by atoms with van der Waals surface area (Å²) < 4.78 is 14.0. The summed E-state index contributed by atoms with van der Waals surface area (Å²) >= 11 is 0. The molecule has 0 radical (unpaired) electrons. The maximum absolute atomic E-state index is 14.0. The number of rotatable bonds is 6. The molecule has 2 aliphatic rings. The lowest BCUT2D eigenvalue weighted by molar-refractivity contribution is 0.144. The number of benzene rings is 1. The van der Waals surface area contributed by atoms with E-state index in [2.05, 4.69) is 27.5 Å². The van der Waals surface area contributed by atoms with E-state index in [0.717, 1.165) is 51.1 Å². The van der Waals surface area contributed by atoms with Crippen LogP contribution in [-0.2, 0) is 5.41 Å². The van der Waals surface area contributed by atoms with E-state index in [9.17, 15) is 9.18 Å². The van der Waals surface area contributed by atoms with E-state index in [0.29, 0.717) is 6.54 Å². The Balaban J connectivity index is 1.43. The zero-order valence-corrected chi connectivity index (χ0v) is 15.2. The van der Waals surface area contributed by atoms with Crippen LogP contribution in [0.15, 0.2) is 24.3 Å². The Morgan fingerprint density at radius 3 is 2.56 bits per heavy atom. The third-order valence-corrected chi connectivity index (χ3v) is 5.39. The largest absolute Gasteiger partial charge is 0.337 e. The highest BCUT2D eigenvalue weighted by molar-refractivity contribution is 5.74. The fourth-order valence-electron chi connectivity index (χ4n) is 3.57. The number of likely N-dealkylation sites (N-methyl/N-ethyl adjacent to an activating group) is 1. The second kappa shape index (κ2) is 7.70. The molecule has 2 N–H and O–H groups in total. The van der Waals surface area contributed by atoms with Crippen LogP contribution in [0.25, 0.3) is 0 Å². The molecule has 1 aromatic rings. The fraction of sp³-hybridized carbons (Fsp3) is 0.632. The van der Waals surface area contributed by atoms with Gasteiger partial charge in [0, 0.05) is 50.7 Å². The van der Waals surface area contributed by atoms with Gasteiger partial charge >= 0.3 is 6.03 Å². The molecular weight excluding hydrogens is 319 g/mol. The molecule has 6 heteroatoms. The Morgan fingerprint density at radius 1 is 1.24 bits per heavy atom. The summed E-state index contributed by atoms with van der Waals surface area (Å²) in [6.07, 6.45) is 1.84. The van der Waals surface area contributed by atoms with Gasteiger partial charge in [0.15, 0.2) is 0 Å². The van der Waals surface area contributed by atoms with Gasteiger partial charge in [-0.05, 0) is 38.4 Å². The molecule has 3 rings (SSSR count). The second-order valence-corrected chi connectivity index (χ2v) is 7.59. The average molecular weight is 348 g/mol. The lowest BCUT2D eigenvalue weighted by atomic mass is 9.95. The maximum Gasteiger partial charge on any atom is 0.315 e. The second-order valence-electron chi connectivity index (χ2n) is 7.59. The van der Waals surface area contributed by atoms with Gasteiger partial charge in [0.1, 0.15) is 5.82 Å². The summed E-state index contributed by atoms with van der Waals surface area (Å²) in [5.74, 6) is -0.175. The van der Waals surface area contributed by atoms with E-state index in [1.165, 1.54) is 6.07 Å². The van der Waals surface area contributed by atoms with Gasteiger partial charge in [0.05, 0.1) is 0 Å². The number of carbonyl (C=O) groups excluding carboxylic acids is 1. The zero-order chi connectivity index (χ0) is 17.9. The molecule has 0 bridgehead atoms. The molecule has 1 aromatic carbocycles. The number of hydrogen-bond donors (Lipinski definition) is 2. The van der Waals surface area contributed by atoms with Crippen molar-refractivity contribution in [3.63, 3.8) is 0 Å². The highest BCUT2D eigenvalue weighted by atomic mass is 19.1. The average Bonchev–Trinajstić information content (AvgIpc) is 3.36. The number of urea groups is 1. The summed E-state index contributed by atoms with van der Waals surface area (Å²) in [6.45, 7) is 7.61. The monoisotopic (exact) mass is 348 g/mol. The minimum atomic E-state index is -0.219. The first-order valence-electron chi connectivity index (χ1n) is 9.19. The van der Waals surface area contributed by atoms with Crippen molar-refractivity contribution >= 4 is 6.03 Å². The Labute approximate surface area is 149 Å². The van der Waals surface area contributed by atoms with Crippen molar-refractivity contribution in [2.75, 3.05) is 46.3 Å². The number of nitrogens with zero attached hydrogens (tertiary/aromatic N) is 2. The Kier molecular flexibility index (Phi) is 5.59. The van der Waals surface area contributed by atoms with Crippen molar-refractivity contribution in [3.8, 4) is 0 Å². The lowest BCUT2D eigenvalue weighted by Crippen LogP contribution is -2.51. The highest BCUT2D eigenvalue weighted by Gasteiger charge is 2.46. The van der Waals surface area contributed by atoms with E-state index in [1.807, 2.05) is 19.1 Å². The van der Waals surface area contributed by atoms with E-state index >= 15 is 0 Å². The topological polar surface area (TPSA) is 47.6 Å². The van der Waals surface area contributed by atoms with E-state index in [4.69, 9.17) is 0 Å². The molecule has 1 atom stereocenters. The Hall–Kier alpha value is -1.66. The molecule has 2 amide bonds. The third kappa shape index (κ3) is 4.70. The quantitative estimate of drug-likeness (QED) is 0.824. The van der Waals surface area contributed by atoms with Crippen molar-refractivity contribution in [1.82, 2.24) is 20.4 Å². The van der Waals surface area contributed by atoms with Crippen LogP contribution in [0.4, 0.5) is 9.18 Å². The summed E-state index contributed by atoms with van der Waals surface area (Å²) in [4.78, 5) is 16.9. The summed E-state index contributed by atoms with van der Waals surface area (Å²) in [6, 6.07) is 6.81. The van der Waals surface area contributed by atoms with E-state index in [-0.39, 0.29) is 23.3 Å². The molecule has 25 heavy (non-hydrogen) atoms. The first kappa shape index (κ1) is 18.1. The van der Waals surface area contributed by atoms with Gasteiger partial charge in [-0.15, -0.1) is 0 Å². The number of nitrogens with one attached hydrogen (secondary N) is 2. The van der Waals surface area contributed by atoms with Crippen molar-refractivity contribution in [2.45, 2.75) is 31.2 Å². The minimum Gasteiger partial charge on any atom is -0.337 e. The van der Waals surface area contributed by atoms with Crippen LogP contribution in [0.1, 0.15) is 25.3 Å². The molecule has 1 saturated heterocycles. The van der Waals surface area contributed by atoms with Crippen LogP contribution in [0.5, 0.6) is 0 Å². The normalized spacial score (nSPS) is 21.6. The van der Waals surface area contributed by atoms with Gasteiger partial charge in [0.2, 0.25) is 0 Å². The van der Waals surface area contributed by atoms with Crippen LogP contribution in [-0.4, -0.2) is 68.2 Å². The van der Waals surface area contributed by atoms with E-state index in [1.54, 1.807) is 6.07 Å². The van der Waals surface area contributed by atoms with Gasteiger partial charge in [-0.3, -0.25) is 4.90 Å². The first-order valence-corrected chi connectivity index (χ1v) is 9.19. The zero-order valence-electron chi connectivity index (χ0n) is 15.2. The molecule has 5 nitrogen and oxygen atoms in total. The van der Waals surface area contributed by atoms with Crippen LogP contribution in [0.3, 0.4) is 0 Å². The molecule has 2 fully saturated rings. The smallest absolute Gasteiger partial charge is 0.315 e. The minimum absolute atomic E-state index is 0.0898. The summed E-state index contributed by atoms with van der Waals surface area (Å²) in [7, 11) is 2.13. The molecule has 0 spiro atoms. The molecule has 0 aromatic heterocycles. The maximum atomic E-state index is 14.0. The highest BCUT2D eigenvalue weighted by Crippen LogP contribution is 2.48. The molecule has 1 aliphatic carbocycles. The van der Waals surface area contributed by atoms with Crippen LogP contribution < -0.4 is 10.6 Å². The number of hydrogen-bond acceptors (Lipinski definition) is 3. The third-order valence-electron chi connectivity index (χ3n) is 5.39. The standard InChI is InChI=1S/C19H29FN4O/c1-15(13-24-11-9-23(2)10-12-24)22-18(25)21-14-19(7-8-19)16-5-3-4-6-17(16)20/h3-6,15H,7-14H2,1-2H3,(H2,21,22,25). The van der Waals surface area contributed by atoms with Crippen molar-refractivity contribution in [1.29, 1.82) is 0 Å². The molecule has 138 valence electrons.